The van der Waals surface area contributed by atoms with Gasteiger partial charge >= 0.3 is 17.8 Å². The van der Waals surface area contributed by atoms with Crippen molar-refractivity contribution in [2.24, 2.45) is 0 Å². The maximum atomic E-state index is 13.7. The van der Waals surface area contributed by atoms with E-state index in [4.69, 9.17) is 14.2 Å². The summed E-state index contributed by atoms with van der Waals surface area (Å²) in [4.78, 5) is 42.5. The van der Waals surface area contributed by atoms with Crippen LogP contribution in [-0.2, 0) is 14.9 Å². The molecule has 0 spiro atoms. The zero-order valence-electron chi connectivity index (χ0n) is 32.3. The van der Waals surface area contributed by atoms with Crippen LogP contribution in [0.1, 0.15) is 58.6 Å². The van der Waals surface area contributed by atoms with E-state index in [9.17, 15) is 37.8 Å². The lowest BCUT2D eigenvalue weighted by atomic mass is 9.64. The zero-order valence-corrected chi connectivity index (χ0v) is 32.3. The number of aromatic nitrogens is 2. The van der Waals surface area contributed by atoms with Crippen LogP contribution in [0.4, 0.5) is 19.0 Å². The molecule has 5 aromatic rings. The molecule has 1 saturated heterocycles. The van der Waals surface area contributed by atoms with Crippen LogP contribution in [0.2, 0.25) is 0 Å². The molecule has 0 saturated carbocycles. The van der Waals surface area contributed by atoms with Crippen LogP contribution >= 0.6 is 0 Å². The van der Waals surface area contributed by atoms with Crippen LogP contribution in [0.5, 0.6) is 11.5 Å². The number of hydrogen-bond acceptors (Lipinski definition) is 9. The maximum Gasteiger partial charge on any atom is 0.471 e. The number of anilines is 1. The van der Waals surface area contributed by atoms with Crippen molar-refractivity contribution in [3.05, 3.63) is 160 Å². The molecule has 1 fully saturated rings. The quantitative estimate of drug-likeness (QED) is 0.0983. The molecular weight excluding hydrogens is 769 g/mol. The molecule has 0 aliphatic carbocycles. The van der Waals surface area contributed by atoms with E-state index >= 15 is 0 Å². The van der Waals surface area contributed by atoms with Crippen LogP contribution in [0.3, 0.4) is 0 Å². The number of aliphatic hydroxyl groups excluding tert-OH is 2. The second kappa shape index (κ2) is 18.1. The topological polar surface area (TPSA) is 161 Å². The maximum absolute atomic E-state index is 13.7. The van der Waals surface area contributed by atoms with Crippen LogP contribution in [0.25, 0.3) is 6.08 Å². The minimum atomic E-state index is -5.06. The number of carbonyl (C=O) groups excluding carboxylic acids is 2. The van der Waals surface area contributed by atoms with Crippen molar-refractivity contribution in [2.75, 3.05) is 19.5 Å². The third kappa shape index (κ3) is 9.22. The van der Waals surface area contributed by atoms with Crippen molar-refractivity contribution in [1.29, 1.82) is 0 Å². The van der Waals surface area contributed by atoms with Gasteiger partial charge in [-0.05, 0) is 66.4 Å². The highest BCUT2D eigenvalue weighted by molar-refractivity contribution is 6.04. The molecule has 6 rings (SSSR count). The van der Waals surface area contributed by atoms with Gasteiger partial charge in [-0.15, -0.1) is 0 Å². The second-order valence-corrected chi connectivity index (χ2v) is 14.0. The number of alkyl halides is 3. The third-order valence-electron chi connectivity index (χ3n) is 10.2. The van der Waals surface area contributed by atoms with Gasteiger partial charge in [0, 0.05) is 29.8 Å². The first-order valence-corrected chi connectivity index (χ1v) is 18.7. The van der Waals surface area contributed by atoms with Crippen LogP contribution in [0, 0.1) is 0 Å². The van der Waals surface area contributed by atoms with Gasteiger partial charge in [0.2, 0.25) is 0 Å². The molecule has 0 bridgehead atoms. The number of rotatable bonds is 14. The number of aliphatic hydroxyl groups is 2. The SMILES string of the molecule is COc1ccc(C(c2ccccc2)(c2ccc(OC)cc2)C(O)[C@H]2O[C@@H](n3cc(C=CCC(C)NC(=O)C(F)(F)F)c(NC(=O)c4ccccc4)nc3=O)C[C@@H]2O)cc1. The number of carbonyl (C=O) groups is 2. The molecular formula is C44H43F3N4O8. The first kappa shape index (κ1) is 42.3. The monoisotopic (exact) mass is 812 g/mol. The Kier molecular flexibility index (Phi) is 13.0. The van der Waals surface area contributed by atoms with Crippen molar-refractivity contribution < 1.29 is 47.2 Å². The highest BCUT2D eigenvalue weighted by atomic mass is 19.4. The molecule has 2 unspecified atom stereocenters. The smallest absolute Gasteiger partial charge is 0.471 e. The molecule has 1 aliphatic heterocycles. The van der Waals surface area contributed by atoms with Crippen molar-refractivity contribution >= 4 is 23.7 Å². The van der Waals surface area contributed by atoms with Crippen molar-refractivity contribution in [2.45, 2.75) is 61.9 Å². The van der Waals surface area contributed by atoms with Gasteiger partial charge in [-0.3, -0.25) is 14.2 Å². The molecule has 15 heteroatoms. The highest BCUT2D eigenvalue weighted by Crippen LogP contribution is 2.47. The third-order valence-corrected chi connectivity index (χ3v) is 10.2. The summed E-state index contributed by atoms with van der Waals surface area (Å²) in [5.41, 5.74) is 0.183. The normalized spacial score (nSPS) is 17.9. The van der Waals surface area contributed by atoms with Gasteiger partial charge in [-0.1, -0.05) is 84.9 Å². The summed E-state index contributed by atoms with van der Waals surface area (Å²) in [6.45, 7) is 1.39. The number of methoxy groups -OCH3 is 2. The fraction of sp³-hybridized carbons (Fsp3) is 0.273. The minimum absolute atomic E-state index is 0.0573. The Balaban J connectivity index is 1.38. The lowest BCUT2D eigenvalue weighted by molar-refractivity contribution is -0.174. The molecule has 5 atom stereocenters. The van der Waals surface area contributed by atoms with E-state index in [2.05, 4.69) is 10.3 Å². The lowest BCUT2D eigenvalue weighted by Crippen LogP contribution is -2.51. The average molecular weight is 813 g/mol. The lowest BCUT2D eigenvalue weighted by Gasteiger charge is -2.43. The van der Waals surface area contributed by atoms with Gasteiger partial charge < -0.3 is 35.1 Å². The van der Waals surface area contributed by atoms with Crippen molar-refractivity contribution in [3.63, 3.8) is 0 Å². The molecule has 12 nitrogen and oxygen atoms in total. The molecule has 0 radical (unpaired) electrons. The number of hydrogen-bond donors (Lipinski definition) is 4. The van der Waals surface area contributed by atoms with Crippen LogP contribution in [0.15, 0.2) is 126 Å². The fourth-order valence-electron chi connectivity index (χ4n) is 7.25. The van der Waals surface area contributed by atoms with E-state index in [1.807, 2.05) is 59.9 Å². The summed E-state index contributed by atoms with van der Waals surface area (Å²) < 4.78 is 57.0. The summed E-state index contributed by atoms with van der Waals surface area (Å²) in [5, 5.41) is 29.0. The van der Waals surface area contributed by atoms with E-state index in [1.54, 1.807) is 68.8 Å². The van der Waals surface area contributed by atoms with Gasteiger partial charge in [0.05, 0.1) is 25.7 Å². The molecule has 1 aromatic heterocycles. The fourth-order valence-corrected chi connectivity index (χ4v) is 7.25. The average Bonchev–Trinajstić information content (AvgIpc) is 3.63. The van der Waals surface area contributed by atoms with E-state index in [0.29, 0.717) is 28.2 Å². The van der Waals surface area contributed by atoms with Crippen LogP contribution in [-0.4, -0.2) is 76.3 Å². The molecule has 59 heavy (non-hydrogen) atoms. The first-order chi connectivity index (χ1) is 28.3. The van der Waals surface area contributed by atoms with Gasteiger partial charge in [0.15, 0.2) is 0 Å². The summed E-state index contributed by atoms with van der Waals surface area (Å²) >= 11 is 0. The molecule has 2 heterocycles. The Bertz CT molecular complexity index is 2260. The summed E-state index contributed by atoms with van der Waals surface area (Å²) in [7, 11) is 3.09. The number of benzene rings is 4. The van der Waals surface area contributed by atoms with Crippen LogP contribution < -0.4 is 25.8 Å². The largest absolute Gasteiger partial charge is 0.497 e. The van der Waals surface area contributed by atoms with Crippen molar-refractivity contribution in [1.82, 2.24) is 14.9 Å². The molecule has 308 valence electrons. The molecule has 4 aromatic carbocycles. The first-order valence-electron chi connectivity index (χ1n) is 18.7. The molecule has 1 aliphatic rings. The Morgan fingerprint density at radius 3 is 1.98 bits per heavy atom. The second-order valence-electron chi connectivity index (χ2n) is 14.0. The van der Waals surface area contributed by atoms with E-state index in [-0.39, 0.29) is 29.8 Å². The number of nitrogens with zero attached hydrogens (tertiary/aromatic N) is 2. The van der Waals surface area contributed by atoms with Gasteiger partial charge in [0.25, 0.3) is 5.91 Å². The van der Waals surface area contributed by atoms with Gasteiger partial charge in [-0.2, -0.15) is 18.2 Å². The van der Waals surface area contributed by atoms with Gasteiger partial charge in [0.1, 0.15) is 35.8 Å². The molecule has 4 N–H and O–H groups in total. The number of ether oxygens (including phenoxy) is 3. The Morgan fingerprint density at radius 1 is 0.898 bits per heavy atom. The number of nitrogens with one attached hydrogen (secondary N) is 2. The Hall–Kier alpha value is -6.29. The predicted molar refractivity (Wildman–Crippen MR) is 213 cm³/mol. The summed E-state index contributed by atoms with van der Waals surface area (Å²) in [5.74, 6) is -1.66. The molecule has 2 amide bonds. The summed E-state index contributed by atoms with van der Waals surface area (Å²) in [6.07, 6.45) is -6.28. The number of halogens is 3. The number of amides is 2. The predicted octanol–water partition coefficient (Wildman–Crippen LogP) is 6.03. The van der Waals surface area contributed by atoms with Gasteiger partial charge in [-0.25, -0.2) is 4.79 Å². The standard InChI is InChI=1S/C44H43F3N4O8/c1-27(48-41(55)44(45,46)47)11-10-14-29-26-51(42(56)50-39(29)49-40(54)28-12-6-4-7-13-28)36-25-35(52)37(59-36)38(53)43(30-15-8-5-9-16-30,31-17-21-33(57-2)22-18-31)32-19-23-34(58-3)24-20-32/h4-10,12-24,26-27,35-38,52-53H,11,25H2,1-3H3,(H,48,55)(H,49,50,54,56)/t27?,35-,36+,37-,38?/m0/s1. The Labute approximate surface area is 337 Å². The Morgan fingerprint density at radius 2 is 1.44 bits per heavy atom. The van der Waals surface area contributed by atoms with E-state index < -0.39 is 59.7 Å². The van der Waals surface area contributed by atoms with Crippen molar-refractivity contribution in [3.8, 4) is 11.5 Å². The minimum Gasteiger partial charge on any atom is -0.497 e. The zero-order chi connectivity index (χ0) is 42.3. The van der Waals surface area contributed by atoms with E-state index in [1.165, 1.54) is 25.3 Å². The van der Waals surface area contributed by atoms with E-state index in [0.717, 1.165) is 4.57 Å². The highest BCUT2D eigenvalue weighted by Gasteiger charge is 2.52. The summed E-state index contributed by atoms with van der Waals surface area (Å²) in [6, 6.07) is 30.8.